The number of likely N-dealkylation sites (N-methyl/N-ethyl adjacent to an activating group) is 2. The van der Waals surface area contributed by atoms with E-state index in [1.165, 1.54) is 13.2 Å². The third kappa shape index (κ3) is 8.41. The fraction of sp³-hybridized carbons (Fsp3) is 0.200. The lowest BCUT2D eigenvalue weighted by Gasteiger charge is -2.25. The molecule has 3 aromatic carbocycles. The van der Waals surface area contributed by atoms with E-state index >= 15 is 0 Å². The summed E-state index contributed by atoms with van der Waals surface area (Å²) in [6, 6.07) is 25.0. The van der Waals surface area contributed by atoms with Gasteiger partial charge in [0.05, 0.1) is 46.3 Å². The number of aryl methyl sites for hydroxylation is 1. The van der Waals surface area contributed by atoms with Gasteiger partial charge < -0.3 is 34.6 Å². The molecule has 12 nitrogen and oxygen atoms in total. The lowest BCUT2D eigenvalue weighted by atomic mass is 10.0. The smallest absolute Gasteiger partial charge is 0.247 e. The number of fused-ring (bicyclic) bond motifs is 1. The fourth-order valence-electron chi connectivity index (χ4n) is 5.97. The molecule has 6 aromatic rings. The van der Waals surface area contributed by atoms with Gasteiger partial charge in [0.15, 0.2) is 5.75 Å². The van der Waals surface area contributed by atoms with Crippen LogP contribution >= 0.6 is 11.6 Å². The first-order chi connectivity index (χ1) is 25.7. The van der Waals surface area contributed by atoms with Crippen molar-refractivity contribution in [2.45, 2.75) is 6.61 Å². The molecule has 1 amide bonds. The molecule has 53 heavy (non-hydrogen) atoms. The number of benzene rings is 3. The molecule has 13 heteroatoms. The van der Waals surface area contributed by atoms with Gasteiger partial charge in [0.25, 0.3) is 0 Å². The van der Waals surface area contributed by atoms with Crippen LogP contribution in [0.4, 0.5) is 23.0 Å². The lowest BCUT2D eigenvalue weighted by molar-refractivity contribution is -0.177. The van der Waals surface area contributed by atoms with E-state index in [1.807, 2.05) is 87.7 Å². The summed E-state index contributed by atoms with van der Waals surface area (Å²) in [6.45, 7) is 5.39. The second-order valence-electron chi connectivity index (χ2n) is 12.5. The molecule has 0 unspecified atom stereocenters. The van der Waals surface area contributed by atoms with Crippen molar-refractivity contribution in [1.29, 1.82) is 0 Å². The second kappa shape index (κ2) is 16.6. The number of aromatic nitrogens is 4. The molecule has 0 aliphatic rings. The predicted molar refractivity (Wildman–Crippen MR) is 211 cm³/mol. The van der Waals surface area contributed by atoms with Gasteiger partial charge in [0.2, 0.25) is 11.9 Å². The van der Waals surface area contributed by atoms with Crippen molar-refractivity contribution in [2.75, 3.05) is 56.9 Å². The highest BCUT2D eigenvalue weighted by Gasteiger charge is 2.22. The van der Waals surface area contributed by atoms with Gasteiger partial charge in [-0.05, 0) is 68.7 Å². The quantitative estimate of drug-likeness (QED) is 0.0617. The maximum atomic E-state index is 12.5. The van der Waals surface area contributed by atoms with Crippen molar-refractivity contribution in [2.24, 2.45) is 7.05 Å². The minimum Gasteiger partial charge on any atom is -0.486 e. The molecule has 0 atom stereocenters. The lowest BCUT2D eigenvalue weighted by Crippen LogP contribution is -2.29. The number of hydrogen-bond donors (Lipinski definition) is 2. The maximum Gasteiger partial charge on any atom is 0.247 e. The van der Waals surface area contributed by atoms with Gasteiger partial charge in [-0.15, -0.1) is 0 Å². The van der Waals surface area contributed by atoms with Crippen molar-refractivity contribution in [3.05, 3.63) is 115 Å². The van der Waals surface area contributed by atoms with Crippen molar-refractivity contribution in [1.82, 2.24) is 24.4 Å². The van der Waals surface area contributed by atoms with E-state index in [2.05, 4.69) is 48.8 Å². The van der Waals surface area contributed by atoms with Gasteiger partial charge in [0, 0.05) is 67.7 Å². The van der Waals surface area contributed by atoms with E-state index in [0.717, 1.165) is 45.6 Å². The monoisotopic (exact) mass is 732 g/mol. The van der Waals surface area contributed by atoms with Crippen LogP contribution in [0.3, 0.4) is 0 Å². The SMILES string of the molecule is C=CC(=O)Nc1cc(Nc2nccc(-c3c(-c4ccc(OCc5ccccn5)c(Cl)c4)n(C)c4ccccc34)n2)c(OOC)cc1N(C)CCN(C)C. The number of carbonyl (C=O) groups is 1. The molecular formula is C40H41ClN8O4. The van der Waals surface area contributed by atoms with Gasteiger partial charge in [-0.3, -0.25) is 9.78 Å². The van der Waals surface area contributed by atoms with Gasteiger partial charge in [-0.1, -0.05) is 42.4 Å². The van der Waals surface area contributed by atoms with Crippen LogP contribution in [0.15, 0.2) is 104 Å². The largest absolute Gasteiger partial charge is 0.486 e. The minimum absolute atomic E-state index is 0.297. The van der Waals surface area contributed by atoms with Gasteiger partial charge in [-0.25, -0.2) is 9.97 Å². The Morgan fingerprint density at radius 2 is 1.75 bits per heavy atom. The number of halogens is 1. The van der Waals surface area contributed by atoms with E-state index in [-0.39, 0.29) is 5.91 Å². The number of ether oxygens (including phenoxy) is 1. The van der Waals surface area contributed by atoms with Crippen LogP contribution in [0.25, 0.3) is 33.4 Å². The molecule has 0 fully saturated rings. The van der Waals surface area contributed by atoms with E-state index in [4.69, 9.17) is 31.1 Å². The number of rotatable bonds is 15. The number of pyridine rings is 1. The van der Waals surface area contributed by atoms with Crippen molar-refractivity contribution in [3.8, 4) is 34.0 Å². The molecule has 272 valence electrons. The molecular weight excluding hydrogens is 692 g/mol. The Balaban J connectivity index is 1.38. The Kier molecular flexibility index (Phi) is 11.5. The topological polar surface area (TPSA) is 119 Å². The van der Waals surface area contributed by atoms with Crippen LogP contribution in [0.5, 0.6) is 11.5 Å². The molecule has 0 spiro atoms. The van der Waals surface area contributed by atoms with Crippen molar-refractivity contribution in [3.63, 3.8) is 0 Å². The van der Waals surface area contributed by atoms with Crippen LogP contribution in [-0.4, -0.2) is 71.7 Å². The van der Waals surface area contributed by atoms with Crippen molar-refractivity contribution >= 4 is 51.4 Å². The molecule has 3 aromatic heterocycles. The molecule has 0 aliphatic carbocycles. The molecule has 6 rings (SSSR count). The maximum absolute atomic E-state index is 12.5. The Morgan fingerprint density at radius 1 is 0.943 bits per heavy atom. The Hall–Kier alpha value is -5.95. The zero-order valence-corrected chi connectivity index (χ0v) is 31.0. The molecule has 0 bridgehead atoms. The highest BCUT2D eigenvalue weighted by atomic mass is 35.5. The van der Waals surface area contributed by atoms with Gasteiger partial charge in [0.1, 0.15) is 12.4 Å². The van der Waals surface area contributed by atoms with E-state index in [9.17, 15) is 4.79 Å². The molecule has 0 radical (unpaired) electrons. The normalized spacial score (nSPS) is 11.1. The number of hydrogen-bond acceptors (Lipinski definition) is 10. The van der Waals surface area contributed by atoms with Crippen LogP contribution < -0.4 is 25.2 Å². The van der Waals surface area contributed by atoms with E-state index in [0.29, 0.717) is 52.7 Å². The molecule has 0 aliphatic heterocycles. The average Bonchev–Trinajstić information content (AvgIpc) is 3.46. The first-order valence-corrected chi connectivity index (χ1v) is 17.2. The summed E-state index contributed by atoms with van der Waals surface area (Å²) in [7, 11) is 9.39. The Labute approximate surface area is 313 Å². The number of amides is 1. The predicted octanol–water partition coefficient (Wildman–Crippen LogP) is 7.74. The first kappa shape index (κ1) is 36.8. The molecule has 0 saturated carbocycles. The summed E-state index contributed by atoms with van der Waals surface area (Å²) in [4.78, 5) is 41.2. The number of anilines is 4. The third-order valence-electron chi connectivity index (χ3n) is 8.58. The summed E-state index contributed by atoms with van der Waals surface area (Å²) in [5, 5.41) is 7.69. The fourth-order valence-corrected chi connectivity index (χ4v) is 6.20. The van der Waals surface area contributed by atoms with Crippen LogP contribution in [0.1, 0.15) is 5.69 Å². The number of para-hydroxylation sites is 1. The zero-order valence-electron chi connectivity index (χ0n) is 30.3. The molecule has 0 saturated heterocycles. The van der Waals surface area contributed by atoms with Crippen LogP contribution in [-0.2, 0) is 23.3 Å². The number of nitrogens with zero attached hydrogens (tertiary/aromatic N) is 6. The first-order valence-electron chi connectivity index (χ1n) is 16.8. The highest BCUT2D eigenvalue weighted by Crippen LogP contribution is 2.42. The number of nitrogens with one attached hydrogen (secondary N) is 2. The zero-order chi connectivity index (χ0) is 37.5. The Morgan fingerprint density at radius 3 is 2.49 bits per heavy atom. The highest BCUT2D eigenvalue weighted by molar-refractivity contribution is 6.32. The molecule has 2 N–H and O–H groups in total. The minimum atomic E-state index is -0.353. The summed E-state index contributed by atoms with van der Waals surface area (Å²) < 4.78 is 8.14. The van der Waals surface area contributed by atoms with E-state index in [1.54, 1.807) is 24.5 Å². The van der Waals surface area contributed by atoms with Crippen LogP contribution in [0, 0.1) is 0 Å². The third-order valence-corrected chi connectivity index (χ3v) is 8.88. The van der Waals surface area contributed by atoms with E-state index < -0.39 is 0 Å². The van der Waals surface area contributed by atoms with Gasteiger partial charge in [-0.2, -0.15) is 4.89 Å². The molecule has 3 heterocycles. The average molecular weight is 733 g/mol. The standard InChI is InChI=1S/C40H41ClN8O4/c1-7-37(50)44-31-23-32(36(53-51-6)24-34(31)48(4)21-20-47(2)3)46-40-43-19-17-30(45-40)38-28-13-8-9-14-33(28)49(5)39(38)26-15-16-35(29(41)22-26)52-25-27-12-10-11-18-42-27/h7-19,22-24H,1,20-21,25H2,2-6H3,(H,44,50)(H,43,45,46). The summed E-state index contributed by atoms with van der Waals surface area (Å²) in [6.07, 6.45) is 4.65. The van der Waals surface area contributed by atoms with Crippen LogP contribution in [0.2, 0.25) is 5.02 Å². The summed E-state index contributed by atoms with van der Waals surface area (Å²) in [5.74, 6) is 0.875. The van der Waals surface area contributed by atoms with Crippen molar-refractivity contribution < 1.29 is 19.3 Å². The number of carbonyl (C=O) groups excluding carboxylic acids is 1. The summed E-state index contributed by atoms with van der Waals surface area (Å²) in [5.41, 5.74) is 6.93. The Bertz CT molecular complexity index is 2240. The summed E-state index contributed by atoms with van der Waals surface area (Å²) >= 11 is 6.82. The van der Waals surface area contributed by atoms with Gasteiger partial charge >= 0.3 is 0 Å². The second-order valence-corrected chi connectivity index (χ2v) is 12.9.